The largest absolute Gasteiger partial charge is 0.491 e. The molecule has 0 spiro atoms. The molecular formula is C26H26N2O3. The molecule has 0 saturated carbocycles. The van der Waals surface area contributed by atoms with Gasteiger partial charge in [0.25, 0.3) is 11.8 Å². The van der Waals surface area contributed by atoms with Gasteiger partial charge in [0.1, 0.15) is 5.75 Å². The zero-order valence-electron chi connectivity index (χ0n) is 17.7. The second kappa shape index (κ2) is 10.8. The van der Waals surface area contributed by atoms with Gasteiger partial charge in [-0.15, -0.1) is 0 Å². The lowest BCUT2D eigenvalue weighted by Crippen LogP contribution is -2.26. The second-order valence-corrected chi connectivity index (χ2v) is 7.26. The van der Waals surface area contributed by atoms with Gasteiger partial charge in [-0.3, -0.25) is 9.59 Å². The van der Waals surface area contributed by atoms with Crippen LogP contribution in [0.3, 0.4) is 0 Å². The smallest absolute Gasteiger partial charge is 0.255 e. The lowest BCUT2D eigenvalue weighted by molar-refractivity contribution is -0.115. The first-order chi connectivity index (χ1) is 15.0. The van der Waals surface area contributed by atoms with Crippen LogP contribution in [0.1, 0.15) is 35.3 Å². The number of nitrogens with one attached hydrogen (secondary N) is 2. The molecule has 3 aromatic carbocycles. The van der Waals surface area contributed by atoms with Crippen molar-refractivity contribution in [3.63, 3.8) is 0 Å². The molecule has 0 aliphatic rings. The Morgan fingerprint density at radius 3 is 2.06 bits per heavy atom. The molecule has 5 heteroatoms. The van der Waals surface area contributed by atoms with E-state index in [0.29, 0.717) is 23.2 Å². The maximum absolute atomic E-state index is 13.0. The van der Waals surface area contributed by atoms with Crippen molar-refractivity contribution in [3.8, 4) is 5.75 Å². The molecule has 5 nitrogen and oxygen atoms in total. The summed E-state index contributed by atoms with van der Waals surface area (Å²) in [7, 11) is 0. The Kier molecular flexibility index (Phi) is 7.60. The molecule has 0 radical (unpaired) electrons. The highest BCUT2D eigenvalue weighted by Gasteiger charge is 2.14. The minimum atomic E-state index is -0.284. The minimum absolute atomic E-state index is 0.0557. The lowest BCUT2D eigenvalue weighted by atomic mass is 10.1. The number of rotatable bonds is 8. The van der Waals surface area contributed by atoms with E-state index in [1.54, 1.807) is 36.4 Å². The summed E-state index contributed by atoms with van der Waals surface area (Å²) in [6.45, 7) is 4.29. The van der Waals surface area contributed by atoms with Gasteiger partial charge in [0.15, 0.2) is 0 Å². The van der Waals surface area contributed by atoms with E-state index >= 15 is 0 Å². The molecule has 2 N–H and O–H groups in total. The Morgan fingerprint density at radius 1 is 0.839 bits per heavy atom. The van der Waals surface area contributed by atoms with Crippen LogP contribution in [0.5, 0.6) is 5.75 Å². The molecule has 0 unspecified atom stereocenters. The third-order valence-corrected chi connectivity index (χ3v) is 4.46. The number of hydrogen-bond acceptors (Lipinski definition) is 3. The average molecular weight is 415 g/mol. The first-order valence-corrected chi connectivity index (χ1v) is 10.2. The van der Waals surface area contributed by atoms with E-state index in [-0.39, 0.29) is 17.9 Å². The van der Waals surface area contributed by atoms with Gasteiger partial charge in [-0.1, -0.05) is 60.7 Å². The maximum atomic E-state index is 13.0. The van der Waals surface area contributed by atoms with E-state index in [1.165, 1.54) is 6.20 Å². The molecule has 31 heavy (non-hydrogen) atoms. The highest BCUT2D eigenvalue weighted by atomic mass is 16.5. The van der Waals surface area contributed by atoms with E-state index in [2.05, 4.69) is 10.6 Å². The first-order valence-electron chi connectivity index (χ1n) is 10.2. The Morgan fingerprint density at radius 2 is 1.45 bits per heavy atom. The Labute approximate surface area is 182 Å². The fourth-order valence-electron chi connectivity index (χ4n) is 2.95. The van der Waals surface area contributed by atoms with Gasteiger partial charge in [0, 0.05) is 18.3 Å². The fourth-order valence-corrected chi connectivity index (χ4v) is 2.95. The molecule has 2 amide bonds. The standard InChI is InChI=1S/C26H26N2O3/c1-19(2)31-23-15-13-21(14-16-23)24(18-28-25(29)22-11-7-4-8-12-22)26(30)27-17-20-9-5-3-6-10-20/h3-16,18-19H,17H2,1-2H3,(H,27,30)(H,28,29). The molecule has 0 fully saturated rings. The van der Waals surface area contributed by atoms with Gasteiger partial charge >= 0.3 is 0 Å². The average Bonchev–Trinajstić information content (AvgIpc) is 2.79. The van der Waals surface area contributed by atoms with Gasteiger partial charge < -0.3 is 15.4 Å². The Balaban J connectivity index is 1.80. The van der Waals surface area contributed by atoms with Crippen LogP contribution in [-0.2, 0) is 11.3 Å². The summed E-state index contributed by atoms with van der Waals surface area (Å²) in [5.74, 6) is 0.152. The zero-order chi connectivity index (χ0) is 22.1. The molecule has 158 valence electrons. The van der Waals surface area contributed by atoms with E-state index in [0.717, 1.165) is 11.3 Å². The van der Waals surface area contributed by atoms with Crippen molar-refractivity contribution in [2.75, 3.05) is 0 Å². The third kappa shape index (κ3) is 6.57. The maximum Gasteiger partial charge on any atom is 0.255 e. The Bertz CT molecular complexity index is 1030. The third-order valence-electron chi connectivity index (χ3n) is 4.46. The number of carbonyl (C=O) groups is 2. The predicted molar refractivity (Wildman–Crippen MR) is 122 cm³/mol. The van der Waals surface area contributed by atoms with Crippen molar-refractivity contribution in [2.45, 2.75) is 26.5 Å². The number of benzene rings is 3. The van der Waals surface area contributed by atoms with Crippen LogP contribution in [0, 0.1) is 0 Å². The van der Waals surface area contributed by atoms with E-state index in [9.17, 15) is 9.59 Å². The van der Waals surface area contributed by atoms with Gasteiger partial charge in [-0.25, -0.2) is 0 Å². The van der Waals surface area contributed by atoms with Crippen LogP contribution < -0.4 is 15.4 Å². The summed E-state index contributed by atoms with van der Waals surface area (Å²) in [6.07, 6.45) is 1.51. The van der Waals surface area contributed by atoms with Crippen LogP contribution in [0.2, 0.25) is 0 Å². The highest BCUT2D eigenvalue weighted by Crippen LogP contribution is 2.20. The van der Waals surface area contributed by atoms with Crippen LogP contribution in [0.15, 0.2) is 91.1 Å². The SMILES string of the molecule is CC(C)Oc1ccc(C(=CNC(=O)c2ccccc2)C(=O)NCc2ccccc2)cc1. The van der Waals surface area contributed by atoms with Crippen molar-refractivity contribution < 1.29 is 14.3 Å². The monoisotopic (exact) mass is 414 g/mol. The quantitative estimate of drug-likeness (QED) is 0.531. The second-order valence-electron chi connectivity index (χ2n) is 7.26. The number of hydrogen-bond donors (Lipinski definition) is 2. The van der Waals surface area contributed by atoms with E-state index in [4.69, 9.17) is 4.74 Å². The summed E-state index contributed by atoms with van der Waals surface area (Å²) in [5, 5.41) is 5.65. The van der Waals surface area contributed by atoms with Crippen molar-refractivity contribution in [3.05, 3.63) is 108 Å². The molecule has 0 heterocycles. The molecule has 0 atom stereocenters. The van der Waals surface area contributed by atoms with Crippen LogP contribution in [0.25, 0.3) is 5.57 Å². The van der Waals surface area contributed by atoms with Crippen molar-refractivity contribution in [2.24, 2.45) is 0 Å². The molecule has 0 aliphatic heterocycles. The van der Waals surface area contributed by atoms with Crippen LogP contribution >= 0.6 is 0 Å². The zero-order valence-corrected chi connectivity index (χ0v) is 17.7. The molecule has 3 rings (SSSR count). The van der Waals surface area contributed by atoms with Crippen LogP contribution in [0.4, 0.5) is 0 Å². The Hall–Kier alpha value is -3.86. The normalized spacial score (nSPS) is 11.1. The number of carbonyl (C=O) groups excluding carboxylic acids is 2. The van der Waals surface area contributed by atoms with Gasteiger partial charge in [-0.05, 0) is 49.2 Å². The summed E-state index contributed by atoms with van der Waals surface area (Å²) in [5.41, 5.74) is 2.54. The van der Waals surface area contributed by atoms with Gasteiger partial charge in [-0.2, -0.15) is 0 Å². The molecule has 0 aliphatic carbocycles. The highest BCUT2D eigenvalue weighted by molar-refractivity contribution is 6.19. The van der Waals surface area contributed by atoms with Gasteiger partial charge in [0.2, 0.25) is 0 Å². The first kappa shape index (κ1) is 21.8. The minimum Gasteiger partial charge on any atom is -0.491 e. The molecule has 0 aromatic heterocycles. The molecular weight excluding hydrogens is 388 g/mol. The lowest BCUT2D eigenvalue weighted by Gasteiger charge is -2.13. The van der Waals surface area contributed by atoms with E-state index in [1.807, 2.05) is 62.4 Å². The van der Waals surface area contributed by atoms with E-state index < -0.39 is 0 Å². The predicted octanol–water partition coefficient (Wildman–Crippen LogP) is 4.56. The fraction of sp³-hybridized carbons (Fsp3) is 0.154. The van der Waals surface area contributed by atoms with Gasteiger partial charge in [0.05, 0.1) is 11.7 Å². The molecule has 0 bridgehead atoms. The summed E-state index contributed by atoms with van der Waals surface area (Å²) >= 11 is 0. The van der Waals surface area contributed by atoms with Crippen molar-refractivity contribution in [1.29, 1.82) is 0 Å². The molecule has 0 saturated heterocycles. The summed E-state index contributed by atoms with van der Waals surface area (Å²) in [4.78, 5) is 25.4. The van der Waals surface area contributed by atoms with Crippen LogP contribution in [-0.4, -0.2) is 17.9 Å². The number of amides is 2. The molecule has 3 aromatic rings. The van der Waals surface area contributed by atoms with Crippen molar-refractivity contribution >= 4 is 17.4 Å². The van der Waals surface area contributed by atoms with Crippen molar-refractivity contribution in [1.82, 2.24) is 10.6 Å². The summed E-state index contributed by atoms with van der Waals surface area (Å²) in [6, 6.07) is 25.8. The summed E-state index contributed by atoms with van der Waals surface area (Å²) < 4.78 is 5.68. The number of ether oxygens (including phenoxy) is 1. The topological polar surface area (TPSA) is 67.4 Å².